The Morgan fingerprint density at radius 1 is 1.05 bits per heavy atom. The van der Waals surface area contributed by atoms with E-state index in [0.717, 1.165) is 35.0 Å². The van der Waals surface area contributed by atoms with E-state index in [4.69, 9.17) is 13.9 Å². The molecule has 3 heterocycles. The molecule has 7 heteroatoms. The quantitative estimate of drug-likeness (QED) is 0.233. The molecule has 40 heavy (non-hydrogen) atoms. The van der Waals surface area contributed by atoms with Gasteiger partial charge in [0.1, 0.15) is 11.3 Å². The number of benzene rings is 2. The monoisotopic (exact) mass is 546 g/mol. The van der Waals surface area contributed by atoms with Crippen LogP contribution < -0.4 is 10.4 Å². The highest BCUT2D eigenvalue weighted by Crippen LogP contribution is 2.34. The molecule has 214 valence electrons. The maximum absolute atomic E-state index is 13.7. The van der Waals surface area contributed by atoms with Gasteiger partial charge in [0.05, 0.1) is 7.11 Å². The summed E-state index contributed by atoms with van der Waals surface area (Å²) in [5.41, 5.74) is 2.78. The zero-order valence-electron chi connectivity index (χ0n) is 23.9. The number of amides is 1. The predicted octanol–water partition coefficient (Wildman–Crippen LogP) is 5.53. The molecule has 0 aliphatic carbocycles. The highest BCUT2D eigenvalue weighted by Gasteiger charge is 2.34. The predicted molar refractivity (Wildman–Crippen MR) is 158 cm³/mol. The molecule has 3 aromatic rings. The van der Waals surface area contributed by atoms with Crippen LogP contribution in [0, 0.1) is 5.92 Å². The van der Waals surface area contributed by atoms with E-state index < -0.39 is 5.63 Å². The van der Waals surface area contributed by atoms with E-state index in [0.29, 0.717) is 49.3 Å². The molecular weight excluding hydrogens is 504 g/mol. The highest BCUT2D eigenvalue weighted by atomic mass is 16.5. The Bertz CT molecular complexity index is 1340. The number of methoxy groups -OCH3 is 2. The highest BCUT2D eigenvalue weighted by molar-refractivity contribution is 5.94. The summed E-state index contributed by atoms with van der Waals surface area (Å²) in [5.74, 6) is 1.34. The molecule has 0 radical (unpaired) electrons. The van der Waals surface area contributed by atoms with Crippen molar-refractivity contribution in [2.45, 2.75) is 57.4 Å². The number of nitrogens with zero attached hydrogens (tertiary/aromatic N) is 2. The van der Waals surface area contributed by atoms with E-state index in [1.54, 1.807) is 20.3 Å². The van der Waals surface area contributed by atoms with Gasteiger partial charge >= 0.3 is 5.63 Å². The van der Waals surface area contributed by atoms with Gasteiger partial charge < -0.3 is 23.7 Å². The van der Waals surface area contributed by atoms with Crippen LogP contribution in [0.15, 0.2) is 57.7 Å². The molecule has 2 aliphatic rings. The number of rotatable bonds is 11. The molecule has 2 saturated heterocycles. The number of fused-ring (bicyclic) bond motifs is 2. The number of piperidine rings is 2. The summed E-state index contributed by atoms with van der Waals surface area (Å²) in [5, 5.41) is 0.839. The first-order valence-corrected chi connectivity index (χ1v) is 14.8. The van der Waals surface area contributed by atoms with Crippen molar-refractivity contribution in [1.82, 2.24) is 9.80 Å². The standard InChI is InChI=1S/C33H42N2O5/c1-38-19-9-18-35(23-26-12-8-17-34-16-7-6-13-29(26)34)32(36)15-14-25-20-28-27(24-10-4-3-5-11-24)21-33(37)40-31(28)22-30(25)39-2/h3-5,10-11,20-22,26,29H,6-9,12-19,23H2,1-2H3/t26-,29+/m1/s1. The third-order valence-electron chi connectivity index (χ3n) is 8.65. The van der Waals surface area contributed by atoms with Crippen LogP contribution in [-0.4, -0.2) is 68.8 Å². The van der Waals surface area contributed by atoms with Crippen molar-refractivity contribution < 1.29 is 18.7 Å². The molecule has 2 atom stereocenters. The van der Waals surface area contributed by atoms with Crippen LogP contribution in [0.2, 0.25) is 0 Å². The second-order valence-electron chi connectivity index (χ2n) is 11.2. The van der Waals surface area contributed by atoms with Crippen molar-refractivity contribution in [2.75, 3.05) is 47.0 Å². The molecule has 2 fully saturated rings. The van der Waals surface area contributed by atoms with E-state index >= 15 is 0 Å². The van der Waals surface area contributed by atoms with Gasteiger partial charge in [-0.3, -0.25) is 4.79 Å². The Morgan fingerprint density at radius 2 is 1.88 bits per heavy atom. The number of hydrogen-bond donors (Lipinski definition) is 0. The third-order valence-corrected chi connectivity index (χ3v) is 8.65. The van der Waals surface area contributed by atoms with Gasteiger partial charge in [-0.05, 0) is 80.3 Å². The first kappa shape index (κ1) is 28.4. The van der Waals surface area contributed by atoms with Gasteiger partial charge in [-0.15, -0.1) is 0 Å². The van der Waals surface area contributed by atoms with Crippen molar-refractivity contribution in [3.63, 3.8) is 0 Å². The van der Waals surface area contributed by atoms with Crippen molar-refractivity contribution in [2.24, 2.45) is 5.92 Å². The number of hydrogen-bond acceptors (Lipinski definition) is 6. The lowest BCUT2D eigenvalue weighted by atomic mass is 9.83. The Morgan fingerprint density at radius 3 is 2.67 bits per heavy atom. The smallest absolute Gasteiger partial charge is 0.336 e. The minimum Gasteiger partial charge on any atom is -0.496 e. The van der Waals surface area contributed by atoms with Crippen LogP contribution in [0.3, 0.4) is 0 Å². The summed E-state index contributed by atoms with van der Waals surface area (Å²) < 4.78 is 16.5. The van der Waals surface area contributed by atoms with Gasteiger partial charge in [0.15, 0.2) is 0 Å². The molecule has 2 aromatic carbocycles. The summed E-state index contributed by atoms with van der Waals surface area (Å²) >= 11 is 0. The zero-order chi connectivity index (χ0) is 27.9. The minimum absolute atomic E-state index is 0.175. The SMILES string of the molecule is COCCCN(C[C@H]1CCCN2CCCC[C@@H]12)C(=O)CCc1cc2c(-c3ccccc3)cc(=O)oc2cc1OC. The summed E-state index contributed by atoms with van der Waals surface area (Å²) in [6, 6.07) is 15.8. The molecular formula is C33H42N2O5. The molecule has 5 rings (SSSR count). The van der Waals surface area contributed by atoms with Crippen molar-refractivity contribution in [3.05, 3.63) is 64.5 Å². The van der Waals surface area contributed by atoms with Gasteiger partial charge in [-0.1, -0.05) is 36.8 Å². The van der Waals surface area contributed by atoms with Crippen LogP contribution >= 0.6 is 0 Å². The fraction of sp³-hybridized carbons (Fsp3) is 0.515. The summed E-state index contributed by atoms with van der Waals surface area (Å²) in [7, 11) is 3.33. The largest absolute Gasteiger partial charge is 0.496 e. The summed E-state index contributed by atoms with van der Waals surface area (Å²) in [4.78, 5) is 30.8. The normalized spacial score (nSPS) is 19.4. The minimum atomic E-state index is -0.401. The first-order chi connectivity index (χ1) is 19.6. The van der Waals surface area contributed by atoms with E-state index in [-0.39, 0.29) is 5.91 Å². The molecule has 0 unspecified atom stereocenters. The van der Waals surface area contributed by atoms with Crippen molar-refractivity contribution >= 4 is 16.9 Å². The van der Waals surface area contributed by atoms with E-state index in [9.17, 15) is 9.59 Å². The van der Waals surface area contributed by atoms with Crippen molar-refractivity contribution in [1.29, 1.82) is 0 Å². The lowest BCUT2D eigenvalue weighted by Crippen LogP contribution is -2.51. The lowest BCUT2D eigenvalue weighted by Gasteiger charge is -2.45. The average molecular weight is 547 g/mol. The maximum atomic E-state index is 13.7. The maximum Gasteiger partial charge on any atom is 0.336 e. The van der Waals surface area contributed by atoms with E-state index in [2.05, 4.69) is 9.80 Å². The lowest BCUT2D eigenvalue weighted by molar-refractivity contribution is -0.132. The molecule has 7 nitrogen and oxygen atoms in total. The molecule has 0 saturated carbocycles. The van der Waals surface area contributed by atoms with Gasteiger partial charge in [0, 0.05) is 56.8 Å². The van der Waals surface area contributed by atoms with Gasteiger partial charge in [-0.2, -0.15) is 0 Å². The first-order valence-electron chi connectivity index (χ1n) is 14.8. The number of carbonyl (C=O) groups excluding carboxylic acids is 1. The third kappa shape index (κ3) is 6.58. The fourth-order valence-electron chi connectivity index (χ4n) is 6.67. The topological polar surface area (TPSA) is 72.2 Å². The molecule has 0 bridgehead atoms. The van der Waals surface area contributed by atoms with Crippen LogP contribution in [0.25, 0.3) is 22.1 Å². The zero-order valence-corrected chi connectivity index (χ0v) is 23.9. The van der Waals surface area contributed by atoms with Crippen LogP contribution in [-0.2, 0) is 16.0 Å². The van der Waals surface area contributed by atoms with Gasteiger partial charge in [0.2, 0.25) is 5.91 Å². The summed E-state index contributed by atoms with van der Waals surface area (Å²) in [6.07, 6.45) is 8.03. The Kier molecular flexibility index (Phi) is 9.55. The molecule has 1 amide bonds. The Hall–Kier alpha value is -3.16. The molecule has 2 aliphatic heterocycles. The Labute approximate surface area is 237 Å². The second-order valence-corrected chi connectivity index (χ2v) is 11.2. The van der Waals surface area contributed by atoms with Gasteiger partial charge in [0.25, 0.3) is 0 Å². The number of aryl methyl sites for hydroxylation is 1. The van der Waals surface area contributed by atoms with Crippen LogP contribution in [0.1, 0.15) is 50.5 Å². The Balaban J connectivity index is 1.36. The fourth-order valence-corrected chi connectivity index (χ4v) is 6.67. The second kappa shape index (κ2) is 13.5. The van der Waals surface area contributed by atoms with E-state index in [1.165, 1.54) is 51.3 Å². The molecule has 0 N–H and O–H groups in total. The number of carbonyl (C=O) groups is 1. The van der Waals surface area contributed by atoms with Crippen molar-refractivity contribution in [3.8, 4) is 16.9 Å². The molecule has 1 aromatic heterocycles. The van der Waals surface area contributed by atoms with Crippen LogP contribution in [0.5, 0.6) is 5.75 Å². The average Bonchev–Trinajstić information content (AvgIpc) is 2.99. The van der Waals surface area contributed by atoms with E-state index in [1.807, 2.05) is 36.4 Å². The van der Waals surface area contributed by atoms with Gasteiger partial charge in [-0.25, -0.2) is 4.79 Å². The van der Waals surface area contributed by atoms with Crippen LogP contribution in [0.4, 0.5) is 0 Å². The molecule has 0 spiro atoms. The number of ether oxygens (including phenoxy) is 2. The summed E-state index contributed by atoms with van der Waals surface area (Å²) in [6.45, 7) is 4.59.